The second-order valence-electron chi connectivity index (χ2n) is 3.56. The summed E-state index contributed by atoms with van der Waals surface area (Å²) in [6, 6.07) is 5.62. The first kappa shape index (κ1) is 12.7. The molecule has 0 unspecified atom stereocenters. The number of benzene rings is 1. The number of hydrogen-bond donors (Lipinski definition) is 1. The number of thiazole rings is 1. The minimum atomic E-state index is 0.570. The van der Waals surface area contributed by atoms with Crippen molar-refractivity contribution in [2.75, 3.05) is 11.9 Å². The summed E-state index contributed by atoms with van der Waals surface area (Å²) in [5.74, 6) is 0. The van der Waals surface area contributed by atoms with Crippen LogP contribution in [0.25, 0.3) is 10.4 Å². The van der Waals surface area contributed by atoms with Crippen molar-refractivity contribution in [1.82, 2.24) is 4.98 Å². The lowest BCUT2D eigenvalue weighted by Crippen LogP contribution is -1.97. The highest BCUT2D eigenvalue weighted by Crippen LogP contribution is 2.37. The molecule has 0 aliphatic rings. The van der Waals surface area contributed by atoms with Gasteiger partial charge in [-0.3, -0.25) is 0 Å². The van der Waals surface area contributed by atoms with Gasteiger partial charge in [0.25, 0.3) is 0 Å². The van der Waals surface area contributed by atoms with Crippen LogP contribution in [0.4, 0.5) is 5.13 Å². The third-order valence-electron chi connectivity index (χ3n) is 2.25. The molecule has 5 heteroatoms. The molecule has 2 aromatic rings. The topological polar surface area (TPSA) is 24.9 Å². The van der Waals surface area contributed by atoms with Gasteiger partial charge in [-0.05, 0) is 12.5 Å². The summed E-state index contributed by atoms with van der Waals surface area (Å²) in [5, 5.41) is 5.32. The molecule has 1 aromatic carbocycles. The first-order chi connectivity index (χ1) is 8.22. The normalized spacial score (nSPS) is 10.5. The maximum absolute atomic E-state index is 6.17. The number of nitrogens with one attached hydrogen (secondary N) is 1. The second kappa shape index (κ2) is 5.71. The third-order valence-corrected chi connectivity index (χ3v) is 4.06. The fraction of sp³-hybridized carbons (Fsp3) is 0.250. The molecule has 17 heavy (non-hydrogen) atoms. The maximum atomic E-state index is 6.17. The molecular weight excluding hydrogens is 275 g/mol. The van der Waals surface area contributed by atoms with Gasteiger partial charge in [-0.1, -0.05) is 53.6 Å². The molecule has 0 bridgehead atoms. The summed E-state index contributed by atoms with van der Waals surface area (Å²) in [7, 11) is 0. The summed E-state index contributed by atoms with van der Waals surface area (Å²) in [6.45, 7) is 3.05. The van der Waals surface area contributed by atoms with Gasteiger partial charge < -0.3 is 5.32 Å². The first-order valence-corrected chi connectivity index (χ1v) is 6.93. The summed E-state index contributed by atoms with van der Waals surface area (Å²) < 4.78 is 0. The van der Waals surface area contributed by atoms with Gasteiger partial charge in [0, 0.05) is 18.3 Å². The van der Waals surface area contributed by atoms with Crippen LogP contribution in [0.15, 0.2) is 24.4 Å². The van der Waals surface area contributed by atoms with Crippen molar-refractivity contribution in [1.29, 1.82) is 0 Å². The van der Waals surface area contributed by atoms with E-state index in [4.69, 9.17) is 23.2 Å². The predicted octanol–water partition coefficient (Wildman–Crippen LogP) is 4.94. The van der Waals surface area contributed by atoms with Crippen molar-refractivity contribution < 1.29 is 0 Å². The van der Waals surface area contributed by atoms with Gasteiger partial charge in [-0.15, -0.1) is 0 Å². The van der Waals surface area contributed by atoms with E-state index in [-0.39, 0.29) is 0 Å². The van der Waals surface area contributed by atoms with E-state index in [1.807, 2.05) is 18.3 Å². The zero-order valence-corrected chi connectivity index (χ0v) is 11.7. The largest absolute Gasteiger partial charge is 0.362 e. The van der Waals surface area contributed by atoms with Crippen molar-refractivity contribution in [3.05, 3.63) is 34.4 Å². The monoisotopic (exact) mass is 286 g/mol. The van der Waals surface area contributed by atoms with Crippen LogP contribution < -0.4 is 5.32 Å². The third kappa shape index (κ3) is 2.92. The zero-order valence-electron chi connectivity index (χ0n) is 9.34. The van der Waals surface area contributed by atoms with E-state index >= 15 is 0 Å². The highest BCUT2D eigenvalue weighted by molar-refractivity contribution is 7.18. The smallest absolute Gasteiger partial charge is 0.183 e. The van der Waals surface area contributed by atoms with E-state index in [1.54, 1.807) is 17.4 Å². The van der Waals surface area contributed by atoms with Crippen LogP contribution in [-0.4, -0.2) is 11.5 Å². The Morgan fingerprint density at radius 2 is 2.18 bits per heavy atom. The SMILES string of the molecule is CCCNc1ncc(-c2cccc(Cl)c2Cl)s1. The van der Waals surface area contributed by atoms with E-state index in [9.17, 15) is 0 Å². The average Bonchev–Trinajstić information content (AvgIpc) is 2.78. The lowest BCUT2D eigenvalue weighted by Gasteiger charge is -2.02. The predicted molar refractivity (Wildman–Crippen MR) is 76.4 cm³/mol. The van der Waals surface area contributed by atoms with E-state index in [0.717, 1.165) is 28.5 Å². The van der Waals surface area contributed by atoms with Crippen molar-refractivity contribution in [3.63, 3.8) is 0 Å². The van der Waals surface area contributed by atoms with Crippen molar-refractivity contribution in [3.8, 4) is 10.4 Å². The summed E-state index contributed by atoms with van der Waals surface area (Å²) >= 11 is 13.7. The Balaban J connectivity index is 2.27. The molecule has 1 heterocycles. The highest BCUT2D eigenvalue weighted by atomic mass is 35.5. The number of nitrogens with zero attached hydrogens (tertiary/aromatic N) is 1. The molecule has 0 saturated carbocycles. The van der Waals surface area contributed by atoms with E-state index in [1.165, 1.54) is 0 Å². The minimum Gasteiger partial charge on any atom is -0.362 e. The molecule has 2 nitrogen and oxygen atoms in total. The molecule has 0 amide bonds. The first-order valence-electron chi connectivity index (χ1n) is 5.36. The molecule has 0 aliphatic heterocycles. The molecular formula is C12H12Cl2N2S. The van der Waals surface area contributed by atoms with E-state index in [2.05, 4.69) is 17.2 Å². The van der Waals surface area contributed by atoms with Gasteiger partial charge >= 0.3 is 0 Å². The Bertz CT molecular complexity index is 511. The standard InChI is InChI=1S/C12H12Cl2N2S/c1-2-6-15-12-16-7-10(17-12)8-4-3-5-9(13)11(8)14/h3-5,7H,2,6H2,1H3,(H,15,16). The van der Waals surface area contributed by atoms with Gasteiger partial charge in [-0.25, -0.2) is 4.98 Å². The summed E-state index contributed by atoms with van der Waals surface area (Å²) in [6.07, 6.45) is 2.90. The molecule has 0 radical (unpaired) electrons. The quantitative estimate of drug-likeness (QED) is 0.861. The maximum Gasteiger partial charge on any atom is 0.183 e. The fourth-order valence-electron chi connectivity index (χ4n) is 1.41. The number of rotatable bonds is 4. The van der Waals surface area contributed by atoms with Crippen LogP contribution in [0.1, 0.15) is 13.3 Å². The average molecular weight is 287 g/mol. The van der Waals surface area contributed by atoms with E-state index < -0.39 is 0 Å². The van der Waals surface area contributed by atoms with Gasteiger partial charge in [0.05, 0.1) is 14.9 Å². The number of hydrogen-bond acceptors (Lipinski definition) is 3. The summed E-state index contributed by atoms with van der Waals surface area (Å²) in [5.41, 5.74) is 0.932. The van der Waals surface area contributed by atoms with Crippen LogP contribution in [0.5, 0.6) is 0 Å². The molecule has 1 N–H and O–H groups in total. The molecule has 0 spiro atoms. The molecule has 0 atom stereocenters. The second-order valence-corrected chi connectivity index (χ2v) is 5.37. The Kier molecular flexibility index (Phi) is 4.26. The molecule has 0 fully saturated rings. The molecule has 0 saturated heterocycles. The van der Waals surface area contributed by atoms with Crippen LogP contribution in [0.2, 0.25) is 10.0 Å². The van der Waals surface area contributed by atoms with Crippen molar-refractivity contribution >= 4 is 39.7 Å². The van der Waals surface area contributed by atoms with Crippen molar-refractivity contribution in [2.24, 2.45) is 0 Å². The van der Waals surface area contributed by atoms with Crippen LogP contribution in [0.3, 0.4) is 0 Å². The summed E-state index contributed by atoms with van der Waals surface area (Å²) in [4.78, 5) is 5.33. The Morgan fingerprint density at radius 1 is 1.35 bits per heavy atom. The van der Waals surface area contributed by atoms with Crippen LogP contribution in [-0.2, 0) is 0 Å². The Hall–Kier alpha value is -0.770. The van der Waals surface area contributed by atoms with E-state index in [0.29, 0.717) is 10.0 Å². The highest BCUT2D eigenvalue weighted by Gasteiger charge is 2.09. The van der Waals surface area contributed by atoms with Gasteiger partial charge in [0.15, 0.2) is 5.13 Å². The fourth-order valence-corrected chi connectivity index (χ4v) is 2.74. The van der Waals surface area contributed by atoms with Crippen LogP contribution >= 0.6 is 34.5 Å². The lowest BCUT2D eigenvalue weighted by molar-refractivity contribution is 0.976. The Morgan fingerprint density at radius 3 is 2.94 bits per heavy atom. The zero-order chi connectivity index (χ0) is 12.3. The van der Waals surface area contributed by atoms with Gasteiger partial charge in [-0.2, -0.15) is 0 Å². The van der Waals surface area contributed by atoms with Crippen LogP contribution in [0, 0.1) is 0 Å². The number of anilines is 1. The molecule has 1 aromatic heterocycles. The lowest BCUT2D eigenvalue weighted by atomic mass is 10.2. The number of aromatic nitrogens is 1. The molecule has 2 rings (SSSR count). The Labute approximate surface area is 115 Å². The van der Waals surface area contributed by atoms with Crippen molar-refractivity contribution in [2.45, 2.75) is 13.3 Å². The molecule has 90 valence electrons. The minimum absolute atomic E-state index is 0.570. The number of halogens is 2. The molecule has 0 aliphatic carbocycles. The van der Waals surface area contributed by atoms with Gasteiger partial charge in [0.2, 0.25) is 0 Å². The van der Waals surface area contributed by atoms with Gasteiger partial charge in [0.1, 0.15) is 0 Å².